The number of nitrogens with zero attached hydrogens (tertiary/aromatic N) is 1. The lowest BCUT2D eigenvalue weighted by Crippen LogP contribution is -2.41. The number of aromatic carboxylic acids is 1. The summed E-state index contributed by atoms with van der Waals surface area (Å²) < 4.78 is 0. The molecule has 0 saturated heterocycles. The summed E-state index contributed by atoms with van der Waals surface area (Å²) in [6.45, 7) is 1.54. The van der Waals surface area contributed by atoms with Crippen LogP contribution in [-0.4, -0.2) is 28.4 Å². The molecule has 25 heavy (non-hydrogen) atoms. The summed E-state index contributed by atoms with van der Waals surface area (Å²) in [5.41, 5.74) is 4.19. The Bertz CT molecular complexity index is 821. The van der Waals surface area contributed by atoms with Crippen LogP contribution in [0.1, 0.15) is 46.3 Å². The fraction of sp³-hybridized carbons (Fsp3) is 0.333. The van der Waals surface area contributed by atoms with Gasteiger partial charge in [-0.15, -0.1) is 0 Å². The van der Waals surface area contributed by atoms with Gasteiger partial charge in [0.25, 0.3) is 0 Å². The van der Waals surface area contributed by atoms with Gasteiger partial charge in [-0.05, 0) is 48.1 Å². The predicted molar refractivity (Wildman–Crippen MR) is 94.5 cm³/mol. The lowest BCUT2D eigenvalue weighted by atomic mass is 9.87. The van der Waals surface area contributed by atoms with Gasteiger partial charge in [0.15, 0.2) is 0 Å². The van der Waals surface area contributed by atoms with Crippen LogP contribution in [0.25, 0.3) is 0 Å². The molecule has 1 amide bonds. The van der Waals surface area contributed by atoms with Crippen LogP contribution in [0.4, 0.5) is 0 Å². The van der Waals surface area contributed by atoms with Gasteiger partial charge in [0, 0.05) is 24.9 Å². The third-order valence-electron chi connectivity index (χ3n) is 5.48. The molecule has 4 rings (SSSR count). The molecule has 0 unspecified atom stereocenters. The lowest BCUT2D eigenvalue weighted by Gasteiger charge is -2.35. The van der Waals surface area contributed by atoms with E-state index in [1.165, 1.54) is 24.0 Å². The molecule has 1 saturated carbocycles. The van der Waals surface area contributed by atoms with Crippen LogP contribution < -0.4 is 0 Å². The average molecular weight is 335 g/mol. The fourth-order valence-corrected chi connectivity index (χ4v) is 3.87. The minimum Gasteiger partial charge on any atom is -0.478 e. The van der Waals surface area contributed by atoms with Gasteiger partial charge in [0.05, 0.1) is 5.56 Å². The zero-order valence-electron chi connectivity index (χ0n) is 14.1. The van der Waals surface area contributed by atoms with Crippen molar-refractivity contribution in [3.63, 3.8) is 0 Å². The molecule has 1 aliphatic heterocycles. The van der Waals surface area contributed by atoms with Gasteiger partial charge >= 0.3 is 5.97 Å². The molecular formula is C21H21NO3. The van der Waals surface area contributed by atoms with Gasteiger partial charge in [-0.3, -0.25) is 4.79 Å². The van der Waals surface area contributed by atoms with Crippen molar-refractivity contribution in [3.05, 3.63) is 70.8 Å². The highest BCUT2D eigenvalue weighted by molar-refractivity contribution is 5.87. The van der Waals surface area contributed by atoms with E-state index < -0.39 is 5.97 Å². The molecule has 2 aromatic rings. The number of carboxylic acid groups (broad SMARTS) is 1. The highest BCUT2D eigenvalue weighted by atomic mass is 16.4. The Morgan fingerprint density at radius 2 is 1.76 bits per heavy atom. The summed E-state index contributed by atoms with van der Waals surface area (Å²) in [6, 6.07) is 15.3. The Morgan fingerprint density at radius 1 is 1.04 bits per heavy atom. The second kappa shape index (κ2) is 6.03. The monoisotopic (exact) mass is 335 g/mol. The van der Waals surface area contributed by atoms with Gasteiger partial charge in [0.2, 0.25) is 5.91 Å². The zero-order valence-corrected chi connectivity index (χ0v) is 14.1. The number of rotatable bonds is 4. The van der Waals surface area contributed by atoms with E-state index in [1.54, 1.807) is 24.3 Å². The van der Waals surface area contributed by atoms with Crippen LogP contribution in [0.15, 0.2) is 48.5 Å². The number of hydrogen-bond donors (Lipinski definition) is 1. The summed E-state index contributed by atoms with van der Waals surface area (Å²) in [6.07, 6.45) is 3.45. The number of fused-ring (bicyclic) bond motifs is 2. The van der Waals surface area contributed by atoms with Gasteiger partial charge in [0.1, 0.15) is 0 Å². The minimum absolute atomic E-state index is 0.183. The number of carbonyl (C=O) groups is 2. The number of aryl methyl sites for hydroxylation is 1. The molecule has 0 atom stereocenters. The first-order valence-corrected chi connectivity index (χ1v) is 8.76. The average Bonchev–Trinajstić information content (AvgIpc) is 3.40. The molecule has 1 heterocycles. The molecule has 2 aromatic carbocycles. The zero-order chi connectivity index (χ0) is 17.4. The Hall–Kier alpha value is -2.62. The standard InChI is InChI=1S/C21H21NO3/c23-19(10-7-15-5-8-16(9-6-15)20(24)25)22-13-17-3-1-2-4-18(17)21(14-22)11-12-21/h1-6,8-9H,7,10-14H2,(H,24,25). The largest absolute Gasteiger partial charge is 0.478 e. The number of benzene rings is 2. The summed E-state index contributed by atoms with van der Waals surface area (Å²) in [5.74, 6) is -0.743. The van der Waals surface area contributed by atoms with Crippen LogP contribution in [-0.2, 0) is 23.2 Å². The van der Waals surface area contributed by atoms with Crippen molar-refractivity contribution in [1.29, 1.82) is 0 Å². The molecule has 4 nitrogen and oxygen atoms in total. The molecule has 1 fully saturated rings. The van der Waals surface area contributed by atoms with Gasteiger partial charge in [-0.25, -0.2) is 4.79 Å². The van der Waals surface area contributed by atoms with E-state index >= 15 is 0 Å². The van der Waals surface area contributed by atoms with Gasteiger partial charge < -0.3 is 10.0 Å². The maximum Gasteiger partial charge on any atom is 0.335 e. The molecule has 0 aromatic heterocycles. The summed E-state index contributed by atoms with van der Waals surface area (Å²) in [5, 5.41) is 8.94. The number of carboxylic acids is 1. The molecule has 1 spiro atoms. The summed E-state index contributed by atoms with van der Waals surface area (Å²) in [7, 11) is 0. The molecule has 0 bridgehead atoms. The first kappa shape index (κ1) is 15.9. The number of hydrogen-bond acceptors (Lipinski definition) is 2. The smallest absolute Gasteiger partial charge is 0.335 e. The maximum atomic E-state index is 12.7. The second-order valence-corrected chi connectivity index (χ2v) is 7.19. The Labute approximate surface area is 147 Å². The Morgan fingerprint density at radius 3 is 2.44 bits per heavy atom. The second-order valence-electron chi connectivity index (χ2n) is 7.19. The van der Waals surface area contributed by atoms with E-state index in [9.17, 15) is 9.59 Å². The third-order valence-corrected chi connectivity index (χ3v) is 5.48. The van der Waals surface area contributed by atoms with Crippen molar-refractivity contribution >= 4 is 11.9 Å². The van der Waals surface area contributed by atoms with E-state index in [-0.39, 0.29) is 16.9 Å². The van der Waals surface area contributed by atoms with Crippen molar-refractivity contribution in [2.24, 2.45) is 0 Å². The maximum absolute atomic E-state index is 12.7. The minimum atomic E-state index is -0.927. The normalized spacial score (nSPS) is 17.2. The molecule has 1 aliphatic carbocycles. The van der Waals surface area contributed by atoms with E-state index in [2.05, 4.69) is 18.2 Å². The number of carbonyl (C=O) groups excluding carboxylic acids is 1. The fourth-order valence-electron chi connectivity index (χ4n) is 3.87. The predicted octanol–water partition coefficient (Wildman–Crippen LogP) is 3.39. The topological polar surface area (TPSA) is 57.6 Å². The van der Waals surface area contributed by atoms with Crippen LogP contribution in [0.2, 0.25) is 0 Å². The van der Waals surface area contributed by atoms with Crippen molar-refractivity contribution < 1.29 is 14.7 Å². The highest BCUT2D eigenvalue weighted by Crippen LogP contribution is 2.52. The first-order chi connectivity index (χ1) is 12.1. The molecule has 0 radical (unpaired) electrons. The van der Waals surface area contributed by atoms with Gasteiger partial charge in [-0.2, -0.15) is 0 Å². The number of amides is 1. The van der Waals surface area contributed by atoms with E-state index in [4.69, 9.17) is 5.11 Å². The highest BCUT2D eigenvalue weighted by Gasteiger charge is 2.49. The van der Waals surface area contributed by atoms with Crippen molar-refractivity contribution in [2.75, 3.05) is 6.54 Å². The van der Waals surface area contributed by atoms with Crippen molar-refractivity contribution in [3.8, 4) is 0 Å². The quantitative estimate of drug-likeness (QED) is 0.932. The van der Waals surface area contributed by atoms with Crippen molar-refractivity contribution in [1.82, 2.24) is 4.90 Å². The van der Waals surface area contributed by atoms with Crippen LogP contribution in [0.5, 0.6) is 0 Å². The summed E-state index contributed by atoms with van der Waals surface area (Å²) in [4.78, 5) is 25.6. The molecule has 2 aliphatic rings. The SMILES string of the molecule is O=C(O)c1ccc(CCC(=O)N2Cc3ccccc3C3(CC3)C2)cc1. The molecule has 128 valence electrons. The molecule has 4 heteroatoms. The Kier molecular flexibility index (Phi) is 3.83. The molecular weight excluding hydrogens is 314 g/mol. The van der Waals surface area contributed by atoms with Crippen LogP contribution in [0.3, 0.4) is 0 Å². The van der Waals surface area contributed by atoms with Gasteiger partial charge in [-0.1, -0.05) is 36.4 Å². The third kappa shape index (κ3) is 3.04. The van der Waals surface area contributed by atoms with E-state index in [0.717, 1.165) is 12.1 Å². The van der Waals surface area contributed by atoms with Crippen LogP contribution in [0, 0.1) is 0 Å². The lowest BCUT2D eigenvalue weighted by molar-refractivity contribution is -0.132. The Balaban J connectivity index is 1.41. The van der Waals surface area contributed by atoms with E-state index in [1.807, 2.05) is 11.0 Å². The molecule has 1 N–H and O–H groups in total. The first-order valence-electron chi connectivity index (χ1n) is 8.76. The van der Waals surface area contributed by atoms with E-state index in [0.29, 0.717) is 19.4 Å². The summed E-state index contributed by atoms with van der Waals surface area (Å²) >= 11 is 0. The van der Waals surface area contributed by atoms with Crippen molar-refractivity contribution in [2.45, 2.75) is 37.6 Å². The van der Waals surface area contributed by atoms with Crippen LogP contribution >= 0.6 is 0 Å².